The average Bonchev–Trinajstić information content (AvgIpc) is 3.06. The van der Waals surface area contributed by atoms with Gasteiger partial charge in [0.15, 0.2) is 5.96 Å². The zero-order chi connectivity index (χ0) is 16.0. The van der Waals surface area contributed by atoms with Crippen LogP contribution in [0.5, 0.6) is 0 Å². The summed E-state index contributed by atoms with van der Waals surface area (Å²) < 4.78 is 6.01. The molecule has 126 valence electrons. The summed E-state index contributed by atoms with van der Waals surface area (Å²) in [5.74, 6) is 1.65. The van der Waals surface area contributed by atoms with E-state index in [0.29, 0.717) is 23.5 Å². The average molecular weight is 334 g/mol. The highest BCUT2D eigenvalue weighted by molar-refractivity contribution is 7.09. The Hall–Kier alpha value is -1.14. The molecule has 3 fully saturated rings. The third-order valence-electron chi connectivity index (χ3n) is 5.96. The molecule has 5 nitrogen and oxygen atoms in total. The van der Waals surface area contributed by atoms with E-state index in [9.17, 15) is 0 Å². The molecule has 3 unspecified atom stereocenters. The summed E-state index contributed by atoms with van der Waals surface area (Å²) in [4.78, 5) is 11.3. The summed E-state index contributed by atoms with van der Waals surface area (Å²) in [6.07, 6.45) is 5.64. The molecule has 1 spiro atoms. The van der Waals surface area contributed by atoms with E-state index in [1.54, 1.807) is 11.3 Å². The van der Waals surface area contributed by atoms with Gasteiger partial charge in [-0.25, -0.2) is 4.98 Å². The summed E-state index contributed by atoms with van der Waals surface area (Å²) in [6.45, 7) is 3.78. The number of hydrogen-bond donors (Lipinski definition) is 1. The van der Waals surface area contributed by atoms with Crippen LogP contribution >= 0.6 is 11.3 Å². The van der Waals surface area contributed by atoms with Gasteiger partial charge in [-0.15, -0.1) is 11.3 Å². The van der Waals surface area contributed by atoms with E-state index in [1.165, 1.54) is 25.7 Å². The Labute approximate surface area is 142 Å². The number of aliphatic imine (C=N–C) groups is 1. The van der Waals surface area contributed by atoms with Crippen LogP contribution in [0.2, 0.25) is 0 Å². The normalized spacial score (nSPS) is 31.4. The maximum absolute atomic E-state index is 6.01. The van der Waals surface area contributed by atoms with Gasteiger partial charge in [0.05, 0.1) is 23.4 Å². The van der Waals surface area contributed by atoms with E-state index < -0.39 is 0 Å². The molecule has 0 bridgehead atoms. The summed E-state index contributed by atoms with van der Waals surface area (Å²) in [6, 6.07) is 0.530. The van der Waals surface area contributed by atoms with E-state index in [-0.39, 0.29) is 0 Å². The number of hydrogen-bond acceptors (Lipinski definition) is 4. The molecule has 4 rings (SSSR count). The highest BCUT2D eigenvalue weighted by Crippen LogP contribution is 2.62. The second-order valence-electron chi connectivity index (χ2n) is 7.21. The summed E-state index contributed by atoms with van der Waals surface area (Å²) in [5, 5.41) is 7.02. The lowest BCUT2D eigenvalue weighted by molar-refractivity contribution is -0.171. The minimum absolute atomic E-state index is 0.384. The Kier molecular flexibility index (Phi) is 3.84. The molecule has 23 heavy (non-hydrogen) atoms. The molecule has 2 heterocycles. The number of fused-ring (bicyclic) bond motifs is 2. The van der Waals surface area contributed by atoms with Crippen LogP contribution in [0.15, 0.2) is 10.4 Å². The molecule has 3 aliphatic rings. The number of thiazole rings is 1. The second kappa shape index (κ2) is 5.74. The topological polar surface area (TPSA) is 49.8 Å². The largest absolute Gasteiger partial charge is 0.377 e. The van der Waals surface area contributed by atoms with Crippen LogP contribution < -0.4 is 5.32 Å². The van der Waals surface area contributed by atoms with Crippen molar-refractivity contribution in [2.75, 3.05) is 20.7 Å². The van der Waals surface area contributed by atoms with Gasteiger partial charge in [0.2, 0.25) is 0 Å². The minimum Gasteiger partial charge on any atom is -0.377 e. The van der Waals surface area contributed by atoms with Crippen LogP contribution in [0.25, 0.3) is 0 Å². The van der Waals surface area contributed by atoms with Crippen LogP contribution in [0.4, 0.5) is 0 Å². The van der Waals surface area contributed by atoms with Gasteiger partial charge in [0, 0.05) is 43.5 Å². The smallest absolute Gasteiger partial charge is 0.193 e. The van der Waals surface area contributed by atoms with Crippen molar-refractivity contribution in [3.63, 3.8) is 0 Å². The zero-order valence-electron chi connectivity index (χ0n) is 14.2. The van der Waals surface area contributed by atoms with Crippen molar-refractivity contribution in [1.29, 1.82) is 0 Å². The fraction of sp³-hybridized carbons (Fsp3) is 0.765. The Bertz CT molecular complexity index is 609. The highest BCUT2D eigenvalue weighted by Gasteiger charge is 2.66. The van der Waals surface area contributed by atoms with E-state index >= 15 is 0 Å². The zero-order valence-corrected chi connectivity index (χ0v) is 15.0. The van der Waals surface area contributed by atoms with E-state index in [2.05, 4.69) is 39.5 Å². The fourth-order valence-corrected chi connectivity index (χ4v) is 5.34. The van der Waals surface area contributed by atoms with Crippen molar-refractivity contribution >= 4 is 17.3 Å². The first-order chi connectivity index (χ1) is 11.1. The Morgan fingerprint density at radius 1 is 1.57 bits per heavy atom. The van der Waals surface area contributed by atoms with Crippen molar-refractivity contribution in [1.82, 2.24) is 15.2 Å². The lowest BCUT2D eigenvalue weighted by atomic mass is 9.46. The quantitative estimate of drug-likeness (QED) is 0.681. The predicted molar refractivity (Wildman–Crippen MR) is 92.7 cm³/mol. The second-order valence-corrected chi connectivity index (χ2v) is 8.28. The van der Waals surface area contributed by atoms with Crippen molar-refractivity contribution in [2.24, 2.45) is 16.3 Å². The molecule has 1 aliphatic heterocycles. The van der Waals surface area contributed by atoms with Crippen molar-refractivity contribution in [3.05, 3.63) is 16.1 Å². The first-order valence-corrected chi connectivity index (χ1v) is 9.49. The standard InChI is InChI=1S/C17H26N4OS/c1-11-19-12(10-23-11)9-21(3)16(18-2)20-14-13-5-8-22-15(13)17(14)6-4-7-17/h10,13-15H,4-9H2,1-3H3,(H,18,20). The van der Waals surface area contributed by atoms with Crippen LogP contribution in [0.1, 0.15) is 36.4 Å². The molecule has 2 saturated carbocycles. The van der Waals surface area contributed by atoms with Crippen molar-refractivity contribution in [2.45, 2.75) is 51.3 Å². The van der Waals surface area contributed by atoms with Gasteiger partial charge < -0.3 is 15.0 Å². The van der Waals surface area contributed by atoms with Crippen LogP contribution in [0.3, 0.4) is 0 Å². The molecule has 1 aromatic rings. The van der Waals surface area contributed by atoms with Gasteiger partial charge >= 0.3 is 0 Å². The maximum atomic E-state index is 6.01. The Balaban J connectivity index is 1.44. The van der Waals surface area contributed by atoms with Gasteiger partial charge in [-0.05, 0) is 26.2 Å². The number of ether oxygens (including phenoxy) is 1. The monoisotopic (exact) mass is 334 g/mol. The van der Waals surface area contributed by atoms with Gasteiger partial charge in [-0.3, -0.25) is 4.99 Å². The lowest BCUT2D eigenvalue weighted by Gasteiger charge is -2.63. The molecule has 6 heteroatoms. The molecule has 3 atom stereocenters. The predicted octanol–water partition coefficient (Wildman–Crippen LogP) is 2.42. The molecule has 0 amide bonds. The van der Waals surface area contributed by atoms with Gasteiger partial charge in [-0.1, -0.05) is 6.42 Å². The summed E-state index contributed by atoms with van der Waals surface area (Å²) >= 11 is 1.71. The number of aromatic nitrogens is 1. The van der Waals surface area contributed by atoms with Gasteiger partial charge in [-0.2, -0.15) is 0 Å². The SMILES string of the molecule is CN=C(NC1C2CCOC2C12CCC2)N(C)Cc1csc(C)n1. The molecule has 0 aromatic carbocycles. The third-order valence-corrected chi connectivity index (χ3v) is 6.78. The molecule has 1 N–H and O–H groups in total. The number of guanidine groups is 1. The Morgan fingerprint density at radius 3 is 3.00 bits per heavy atom. The number of nitrogens with zero attached hydrogens (tertiary/aromatic N) is 3. The third kappa shape index (κ3) is 2.38. The number of nitrogens with one attached hydrogen (secondary N) is 1. The van der Waals surface area contributed by atoms with E-state index in [4.69, 9.17) is 4.74 Å². The highest BCUT2D eigenvalue weighted by atomic mass is 32.1. The van der Waals surface area contributed by atoms with Crippen molar-refractivity contribution in [3.8, 4) is 0 Å². The Morgan fingerprint density at radius 2 is 2.39 bits per heavy atom. The van der Waals surface area contributed by atoms with Crippen LogP contribution in [-0.4, -0.2) is 48.7 Å². The van der Waals surface area contributed by atoms with Crippen molar-refractivity contribution < 1.29 is 4.74 Å². The molecule has 1 aromatic heterocycles. The lowest BCUT2D eigenvalue weighted by Crippen LogP contribution is -2.72. The molecule has 1 saturated heterocycles. The van der Waals surface area contributed by atoms with Gasteiger partial charge in [0.1, 0.15) is 0 Å². The first-order valence-electron chi connectivity index (χ1n) is 8.61. The molecule has 0 radical (unpaired) electrons. The molecular weight excluding hydrogens is 308 g/mol. The minimum atomic E-state index is 0.384. The first kappa shape index (κ1) is 15.4. The summed E-state index contributed by atoms with van der Waals surface area (Å²) in [7, 11) is 3.97. The molecule has 2 aliphatic carbocycles. The number of rotatable bonds is 3. The van der Waals surface area contributed by atoms with Crippen LogP contribution in [0, 0.1) is 18.3 Å². The summed E-state index contributed by atoms with van der Waals surface area (Å²) in [5.41, 5.74) is 1.50. The van der Waals surface area contributed by atoms with E-state index in [0.717, 1.165) is 29.8 Å². The fourth-order valence-electron chi connectivity index (χ4n) is 4.74. The van der Waals surface area contributed by atoms with E-state index in [1.807, 2.05) is 7.05 Å². The molecular formula is C17H26N4OS. The maximum Gasteiger partial charge on any atom is 0.193 e. The van der Waals surface area contributed by atoms with Gasteiger partial charge in [0.25, 0.3) is 0 Å². The number of aryl methyl sites for hydroxylation is 1. The van der Waals surface area contributed by atoms with Crippen LogP contribution in [-0.2, 0) is 11.3 Å².